The van der Waals surface area contributed by atoms with Crippen LogP contribution in [0.1, 0.15) is 50.7 Å². The number of hydrogen-bond acceptors (Lipinski definition) is 2. The second kappa shape index (κ2) is 6.54. The molecule has 0 bridgehead atoms. The summed E-state index contributed by atoms with van der Waals surface area (Å²) < 4.78 is 14.2. The minimum Gasteiger partial charge on any atom is -0.388 e. The van der Waals surface area contributed by atoms with Crippen molar-refractivity contribution in [1.82, 2.24) is 0 Å². The van der Waals surface area contributed by atoms with Gasteiger partial charge in [0.1, 0.15) is 5.82 Å². The van der Waals surface area contributed by atoms with Crippen LogP contribution in [0.4, 0.5) is 4.39 Å². The van der Waals surface area contributed by atoms with E-state index in [-0.39, 0.29) is 11.2 Å². The highest BCUT2D eigenvalue weighted by molar-refractivity contribution is 9.10. The highest BCUT2D eigenvalue weighted by atomic mass is 79.9. The molecule has 1 saturated carbocycles. The molecule has 0 spiro atoms. The van der Waals surface area contributed by atoms with Crippen LogP contribution in [-0.2, 0) is 0 Å². The molecule has 20 heavy (non-hydrogen) atoms. The Bertz CT molecular complexity index is 468. The number of nitrogens with two attached hydrogens (primary N) is 1. The van der Waals surface area contributed by atoms with E-state index in [1.54, 1.807) is 6.07 Å². The van der Waals surface area contributed by atoms with E-state index in [2.05, 4.69) is 22.9 Å². The van der Waals surface area contributed by atoms with Gasteiger partial charge in [-0.05, 0) is 42.5 Å². The maximum Gasteiger partial charge on any atom is 0.123 e. The lowest BCUT2D eigenvalue weighted by Crippen LogP contribution is -2.41. The van der Waals surface area contributed by atoms with Gasteiger partial charge in [0.15, 0.2) is 0 Å². The van der Waals surface area contributed by atoms with Gasteiger partial charge in [0, 0.05) is 16.4 Å². The Hall–Kier alpha value is -0.450. The number of rotatable bonds is 4. The Morgan fingerprint density at radius 2 is 2.30 bits per heavy atom. The van der Waals surface area contributed by atoms with Crippen molar-refractivity contribution < 1.29 is 9.50 Å². The second-order valence-electron chi connectivity index (χ2n) is 6.01. The van der Waals surface area contributed by atoms with Crippen molar-refractivity contribution in [3.63, 3.8) is 0 Å². The molecule has 0 radical (unpaired) electrons. The predicted molar refractivity (Wildman–Crippen MR) is 82.8 cm³/mol. The maximum atomic E-state index is 13.5. The smallest absolute Gasteiger partial charge is 0.123 e. The summed E-state index contributed by atoms with van der Waals surface area (Å²) in [4.78, 5) is 0. The largest absolute Gasteiger partial charge is 0.388 e. The van der Waals surface area contributed by atoms with Gasteiger partial charge >= 0.3 is 0 Å². The summed E-state index contributed by atoms with van der Waals surface area (Å²) in [6.45, 7) is 2.62. The van der Waals surface area contributed by atoms with E-state index in [0.29, 0.717) is 18.0 Å². The zero-order valence-corrected chi connectivity index (χ0v) is 13.5. The highest BCUT2D eigenvalue weighted by Gasteiger charge is 2.42. The highest BCUT2D eigenvalue weighted by Crippen LogP contribution is 2.49. The zero-order chi connectivity index (χ0) is 14.8. The quantitative estimate of drug-likeness (QED) is 0.861. The molecule has 0 aromatic heterocycles. The van der Waals surface area contributed by atoms with E-state index < -0.39 is 6.10 Å². The minimum atomic E-state index is -0.716. The van der Waals surface area contributed by atoms with Gasteiger partial charge in [0.05, 0.1) is 6.10 Å². The van der Waals surface area contributed by atoms with E-state index in [1.165, 1.54) is 18.6 Å². The Labute approximate surface area is 128 Å². The average molecular weight is 344 g/mol. The zero-order valence-electron chi connectivity index (χ0n) is 11.9. The van der Waals surface area contributed by atoms with Crippen LogP contribution in [0.25, 0.3) is 0 Å². The molecule has 4 heteroatoms. The molecule has 0 heterocycles. The summed E-state index contributed by atoms with van der Waals surface area (Å²) in [6.07, 6.45) is 4.51. The van der Waals surface area contributed by atoms with Crippen molar-refractivity contribution in [2.75, 3.05) is 6.54 Å². The first-order valence-corrected chi connectivity index (χ1v) is 8.15. The molecule has 1 aromatic rings. The number of aliphatic hydroxyl groups is 1. The molecule has 0 amide bonds. The van der Waals surface area contributed by atoms with Crippen LogP contribution in [-0.4, -0.2) is 11.7 Å². The second-order valence-corrected chi connectivity index (χ2v) is 6.86. The fraction of sp³-hybridized carbons (Fsp3) is 0.625. The molecule has 3 N–H and O–H groups in total. The first kappa shape index (κ1) is 15.9. The van der Waals surface area contributed by atoms with E-state index in [0.717, 1.165) is 30.2 Å². The Kier molecular flexibility index (Phi) is 5.21. The lowest BCUT2D eigenvalue weighted by molar-refractivity contribution is -0.0167. The third-order valence-corrected chi connectivity index (χ3v) is 5.52. The van der Waals surface area contributed by atoms with Crippen molar-refractivity contribution in [3.05, 3.63) is 34.1 Å². The standard InChI is InChI=1S/C16H23BrFNO/c1-2-11-4-3-7-16(9-11,10-19)15(20)13-8-12(18)5-6-14(13)17/h5-6,8,11,15,20H,2-4,7,9-10,19H2,1H3. The topological polar surface area (TPSA) is 46.2 Å². The van der Waals surface area contributed by atoms with Gasteiger partial charge in [-0.25, -0.2) is 4.39 Å². The lowest BCUT2D eigenvalue weighted by atomic mass is 9.64. The van der Waals surface area contributed by atoms with Crippen molar-refractivity contribution in [1.29, 1.82) is 0 Å². The molecule has 1 aliphatic rings. The van der Waals surface area contributed by atoms with Crippen molar-refractivity contribution >= 4 is 15.9 Å². The SMILES string of the molecule is CCC1CCCC(CN)(C(O)c2cc(F)ccc2Br)C1. The minimum absolute atomic E-state index is 0.322. The van der Waals surface area contributed by atoms with Gasteiger partial charge in [0.25, 0.3) is 0 Å². The van der Waals surface area contributed by atoms with Crippen LogP contribution in [0.3, 0.4) is 0 Å². The molecule has 0 aliphatic heterocycles. The summed E-state index contributed by atoms with van der Waals surface area (Å²) in [5, 5.41) is 10.8. The number of hydrogen-bond donors (Lipinski definition) is 2. The van der Waals surface area contributed by atoms with Crippen molar-refractivity contribution in [3.8, 4) is 0 Å². The van der Waals surface area contributed by atoms with Gasteiger partial charge in [-0.1, -0.05) is 42.1 Å². The maximum absolute atomic E-state index is 13.5. The predicted octanol–water partition coefficient (Wildman–Crippen LogP) is 4.17. The van der Waals surface area contributed by atoms with Gasteiger partial charge in [-0.2, -0.15) is 0 Å². The number of halogens is 2. The fourth-order valence-corrected chi connectivity index (χ4v) is 3.93. The molecule has 0 saturated heterocycles. The van der Waals surface area contributed by atoms with Crippen LogP contribution in [0.2, 0.25) is 0 Å². The van der Waals surface area contributed by atoms with Crippen molar-refractivity contribution in [2.45, 2.75) is 45.1 Å². The van der Waals surface area contributed by atoms with Crippen LogP contribution in [0.5, 0.6) is 0 Å². The monoisotopic (exact) mass is 343 g/mol. The molecule has 3 atom stereocenters. The Morgan fingerprint density at radius 1 is 1.55 bits per heavy atom. The molecule has 2 nitrogen and oxygen atoms in total. The number of aliphatic hydroxyl groups excluding tert-OH is 1. The first-order valence-electron chi connectivity index (χ1n) is 7.35. The van der Waals surface area contributed by atoms with Crippen molar-refractivity contribution in [2.24, 2.45) is 17.1 Å². The van der Waals surface area contributed by atoms with Gasteiger partial charge < -0.3 is 10.8 Å². The molecule has 3 unspecified atom stereocenters. The van der Waals surface area contributed by atoms with Gasteiger partial charge in [0.2, 0.25) is 0 Å². The van der Waals surface area contributed by atoms with Crippen LogP contribution in [0.15, 0.2) is 22.7 Å². The molecule has 2 rings (SSSR count). The van der Waals surface area contributed by atoms with E-state index in [4.69, 9.17) is 5.73 Å². The number of benzene rings is 1. The van der Waals surface area contributed by atoms with E-state index in [9.17, 15) is 9.50 Å². The summed E-state index contributed by atoms with van der Waals surface area (Å²) >= 11 is 3.42. The van der Waals surface area contributed by atoms with Crippen LogP contribution < -0.4 is 5.73 Å². The summed E-state index contributed by atoms with van der Waals surface area (Å²) in [7, 11) is 0. The van der Waals surface area contributed by atoms with Crippen LogP contribution >= 0.6 is 15.9 Å². The summed E-state index contributed by atoms with van der Waals surface area (Å²) in [5.74, 6) is 0.284. The van der Waals surface area contributed by atoms with Gasteiger partial charge in [-0.15, -0.1) is 0 Å². The fourth-order valence-electron chi connectivity index (χ4n) is 3.47. The Balaban J connectivity index is 2.32. The van der Waals surface area contributed by atoms with E-state index >= 15 is 0 Å². The average Bonchev–Trinajstić information content (AvgIpc) is 2.48. The first-order chi connectivity index (χ1) is 9.52. The lowest BCUT2D eigenvalue weighted by Gasteiger charge is -2.43. The van der Waals surface area contributed by atoms with Gasteiger partial charge in [-0.3, -0.25) is 0 Å². The Morgan fingerprint density at radius 3 is 2.95 bits per heavy atom. The third-order valence-electron chi connectivity index (χ3n) is 4.80. The molecule has 1 aliphatic carbocycles. The molecule has 112 valence electrons. The molecular weight excluding hydrogens is 321 g/mol. The summed E-state index contributed by atoms with van der Waals surface area (Å²) in [6, 6.07) is 4.46. The van der Waals surface area contributed by atoms with Crippen LogP contribution in [0, 0.1) is 17.2 Å². The molecule has 1 fully saturated rings. The normalized spacial score (nSPS) is 28.4. The summed E-state index contributed by atoms with van der Waals surface area (Å²) in [5.41, 5.74) is 6.31. The van der Waals surface area contributed by atoms with E-state index in [1.807, 2.05) is 0 Å². The molecular formula is C16H23BrFNO. The molecule has 1 aromatic carbocycles. The third kappa shape index (κ3) is 3.07.